The van der Waals surface area contributed by atoms with Crippen LogP contribution >= 0.6 is 0 Å². The molecule has 0 spiro atoms. The lowest BCUT2D eigenvalue weighted by atomic mass is 10.0. The second kappa shape index (κ2) is 3.65. The molecule has 4 N–H and O–H groups in total. The number of rotatable bonds is 2. The first-order valence-corrected chi connectivity index (χ1v) is 3.87. The van der Waals surface area contributed by atoms with Crippen molar-refractivity contribution in [1.29, 1.82) is 0 Å². The zero-order chi connectivity index (χ0) is 9.14. The molecule has 0 amide bonds. The number of hydrogen-bond donors (Lipinski definition) is 2. The van der Waals surface area contributed by atoms with Gasteiger partial charge in [-0.3, -0.25) is 0 Å². The van der Waals surface area contributed by atoms with E-state index in [1.807, 2.05) is 6.92 Å². The molecule has 0 aromatic heterocycles. The van der Waals surface area contributed by atoms with Crippen molar-refractivity contribution in [3.8, 4) is 0 Å². The Morgan fingerprint density at radius 3 is 2.75 bits per heavy atom. The van der Waals surface area contributed by atoms with Gasteiger partial charge in [-0.1, -0.05) is 17.7 Å². The van der Waals surface area contributed by atoms with E-state index in [9.17, 15) is 4.39 Å². The van der Waals surface area contributed by atoms with E-state index in [1.165, 1.54) is 6.07 Å². The molecule has 1 rings (SSSR count). The van der Waals surface area contributed by atoms with Crippen LogP contribution in [0.25, 0.3) is 0 Å². The predicted octanol–water partition coefficient (Wildman–Crippen LogP) is 1.09. The van der Waals surface area contributed by atoms with Gasteiger partial charge in [0.25, 0.3) is 0 Å². The van der Waals surface area contributed by atoms with Crippen LogP contribution < -0.4 is 11.5 Å². The third-order valence-electron chi connectivity index (χ3n) is 1.80. The number of benzene rings is 1. The van der Waals surface area contributed by atoms with Gasteiger partial charge in [0.2, 0.25) is 0 Å². The minimum Gasteiger partial charge on any atom is -0.329 e. The Bertz CT molecular complexity index is 273. The molecule has 0 saturated heterocycles. The van der Waals surface area contributed by atoms with Crippen LogP contribution in [0.3, 0.4) is 0 Å². The van der Waals surface area contributed by atoms with Gasteiger partial charge in [0.1, 0.15) is 5.82 Å². The topological polar surface area (TPSA) is 52.0 Å². The van der Waals surface area contributed by atoms with Crippen molar-refractivity contribution in [2.45, 2.75) is 13.0 Å². The molecule has 0 heterocycles. The molecule has 1 aromatic rings. The second-order valence-corrected chi connectivity index (χ2v) is 2.87. The number of nitrogens with two attached hydrogens (primary N) is 2. The van der Waals surface area contributed by atoms with Crippen molar-refractivity contribution in [3.63, 3.8) is 0 Å². The van der Waals surface area contributed by atoms with Crippen LogP contribution in [0.15, 0.2) is 18.2 Å². The molecule has 66 valence electrons. The summed E-state index contributed by atoms with van der Waals surface area (Å²) in [5.74, 6) is -0.279. The molecular weight excluding hydrogens is 155 g/mol. The molecule has 1 atom stereocenters. The van der Waals surface area contributed by atoms with E-state index in [2.05, 4.69) is 0 Å². The molecule has 12 heavy (non-hydrogen) atoms. The number of halogens is 1. The molecule has 0 aliphatic heterocycles. The van der Waals surface area contributed by atoms with Crippen LogP contribution in [-0.2, 0) is 0 Å². The fourth-order valence-corrected chi connectivity index (χ4v) is 1.07. The van der Waals surface area contributed by atoms with E-state index in [0.717, 1.165) is 5.56 Å². The maximum absolute atomic E-state index is 13.1. The van der Waals surface area contributed by atoms with E-state index in [4.69, 9.17) is 11.5 Å². The normalized spacial score (nSPS) is 13.0. The second-order valence-electron chi connectivity index (χ2n) is 2.87. The van der Waals surface area contributed by atoms with Crippen molar-refractivity contribution in [2.75, 3.05) is 6.54 Å². The minimum absolute atomic E-state index is 0.264. The summed E-state index contributed by atoms with van der Waals surface area (Å²) in [7, 11) is 0. The highest BCUT2D eigenvalue weighted by Gasteiger charge is 2.08. The molecule has 0 aliphatic carbocycles. The van der Waals surface area contributed by atoms with Gasteiger partial charge in [-0.15, -0.1) is 0 Å². The molecule has 0 fully saturated rings. The largest absolute Gasteiger partial charge is 0.329 e. The molecular formula is C9H13FN2. The lowest BCUT2D eigenvalue weighted by Crippen LogP contribution is -2.21. The molecule has 2 nitrogen and oxygen atoms in total. The van der Waals surface area contributed by atoms with Gasteiger partial charge in [-0.25, -0.2) is 4.39 Å². The Hall–Kier alpha value is -0.930. The van der Waals surface area contributed by atoms with E-state index in [-0.39, 0.29) is 12.4 Å². The Balaban J connectivity index is 3.04. The average molecular weight is 168 g/mol. The lowest BCUT2D eigenvalue weighted by molar-refractivity contribution is 0.583. The van der Waals surface area contributed by atoms with E-state index < -0.39 is 6.04 Å². The minimum atomic E-state index is -0.398. The van der Waals surface area contributed by atoms with Crippen molar-refractivity contribution < 1.29 is 4.39 Å². The predicted molar refractivity (Wildman–Crippen MR) is 47.1 cm³/mol. The van der Waals surface area contributed by atoms with E-state index >= 15 is 0 Å². The smallest absolute Gasteiger partial charge is 0.128 e. The van der Waals surface area contributed by atoms with Crippen molar-refractivity contribution >= 4 is 0 Å². The monoisotopic (exact) mass is 168 g/mol. The third-order valence-corrected chi connectivity index (χ3v) is 1.80. The Morgan fingerprint density at radius 2 is 2.17 bits per heavy atom. The first kappa shape index (κ1) is 9.16. The summed E-state index contributed by atoms with van der Waals surface area (Å²) in [6.45, 7) is 2.16. The average Bonchev–Trinajstić information content (AvgIpc) is 2.08. The maximum atomic E-state index is 13.1. The summed E-state index contributed by atoms with van der Waals surface area (Å²) in [6.07, 6.45) is 0. The summed E-state index contributed by atoms with van der Waals surface area (Å²) < 4.78 is 13.1. The lowest BCUT2D eigenvalue weighted by Gasteiger charge is -2.10. The highest BCUT2D eigenvalue weighted by Crippen LogP contribution is 2.15. The first-order chi connectivity index (χ1) is 5.65. The molecule has 0 radical (unpaired) electrons. The highest BCUT2D eigenvalue weighted by atomic mass is 19.1. The maximum Gasteiger partial charge on any atom is 0.128 e. The summed E-state index contributed by atoms with van der Waals surface area (Å²) in [4.78, 5) is 0. The fraction of sp³-hybridized carbons (Fsp3) is 0.333. The van der Waals surface area contributed by atoms with Gasteiger partial charge < -0.3 is 11.5 Å². The summed E-state index contributed by atoms with van der Waals surface area (Å²) in [6, 6.07) is 4.46. The molecule has 0 aliphatic rings. The van der Waals surface area contributed by atoms with Crippen molar-refractivity contribution in [2.24, 2.45) is 11.5 Å². The Labute approximate surface area is 71.4 Å². The van der Waals surface area contributed by atoms with Crippen LogP contribution in [0.1, 0.15) is 17.2 Å². The SMILES string of the molecule is Cc1ccc(F)c(C(N)CN)c1. The van der Waals surface area contributed by atoms with E-state index in [0.29, 0.717) is 5.56 Å². The highest BCUT2D eigenvalue weighted by molar-refractivity contribution is 5.26. The number of aryl methyl sites for hydroxylation is 1. The van der Waals surface area contributed by atoms with Crippen LogP contribution in [0, 0.1) is 12.7 Å². The summed E-state index contributed by atoms with van der Waals surface area (Å²) in [5, 5.41) is 0. The van der Waals surface area contributed by atoms with E-state index in [1.54, 1.807) is 12.1 Å². The summed E-state index contributed by atoms with van der Waals surface area (Å²) >= 11 is 0. The van der Waals surface area contributed by atoms with Gasteiger partial charge in [0, 0.05) is 18.2 Å². The van der Waals surface area contributed by atoms with Crippen LogP contribution in [-0.4, -0.2) is 6.54 Å². The van der Waals surface area contributed by atoms with Crippen LogP contribution in [0.4, 0.5) is 4.39 Å². The molecule has 0 saturated carbocycles. The van der Waals surface area contributed by atoms with Gasteiger partial charge in [-0.2, -0.15) is 0 Å². The van der Waals surface area contributed by atoms with Gasteiger partial charge in [0.15, 0.2) is 0 Å². The Morgan fingerprint density at radius 1 is 1.50 bits per heavy atom. The molecule has 0 bridgehead atoms. The van der Waals surface area contributed by atoms with Gasteiger partial charge in [0.05, 0.1) is 0 Å². The zero-order valence-electron chi connectivity index (χ0n) is 7.05. The standard InChI is InChI=1S/C9H13FN2/c1-6-2-3-8(10)7(4-6)9(12)5-11/h2-4,9H,5,11-12H2,1H3. The molecule has 1 unspecified atom stereocenters. The van der Waals surface area contributed by atoms with Gasteiger partial charge in [-0.05, 0) is 13.0 Å². The van der Waals surface area contributed by atoms with Crippen molar-refractivity contribution in [3.05, 3.63) is 35.1 Å². The quantitative estimate of drug-likeness (QED) is 0.694. The fourth-order valence-electron chi connectivity index (χ4n) is 1.07. The Kier molecular flexibility index (Phi) is 2.78. The molecule has 1 aromatic carbocycles. The zero-order valence-corrected chi connectivity index (χ0v) is 7.05. The van der Waals surface area contributed by atoms with Gasteiger partial charge >= 0.3 is 0 Å². The number of hydrogen-bond acceptors (Lipinski definition) is 2. The molecule has 3 heteroatoms. The summed E-state index contributed by atoms with van der Waals surface area (Å²) in [5.41, 5.74) is 12.4. The first-order valence-electron chi connectivity index (χ1n) is 3.87. The third kappa shape index (κ3) is 1.81. The van der Waals surface area contributed by atoms with Crippen LogP contribution in [0.2, 0.25) is 0 Å². The van der Waals surface area contributed by atoms with Crippen LogP contribution in [0.5, 0.6) is 0 Å². The van der Waals surface area contributed by atoms with Crippen molar-refractivity contribution in [1.82, 2.24) is 0 Å².